The van der Waals surface area contributed by atoms with Gasteiger partial charge in [0.25, 0.3) is 0 Å². The summed E-state index contributed by atoms with van der Waals surface area (Å²) in [7, 11) is 0. The number of terminal acetylenes is 1. The molecule has 0 aliphatic rings. The summed E-state index contributed by atoms with van der Waals surface area (Å²) in [4.78, 5) is 0. The average Bonchev–Trinajstić information content (AvgIpc) is 1.59. The first-order valence-electron chi connectivity index (χ1n) is 2.68. The van der Waals surface area contributed by atoms with Crippen molar-refractivity contribution in [1.82, 2.24) is 0 Å². The highest BCUT2D eigenvalue weighted by Crippen LogP contribution is 2.14. The Labute approximate surface area is 50.1 Å². The number of hydrogen-bond donors (Lipinski definition) is 0. The Balaban J connectivity index is 3.28. The van der Waals surface area contributed by atoms with E-state index < -0.39 is 5.67 Å². The largest absolute Gasteiger partial charge is 0.244 e. The third-order valence-electron chi connectivity index (χ3n) is 0.864. The standard InChI is InChI=1S/C7H11F/c1-4-5-6-7(2,3)8/h1H,5-6H2,2-3H3. The van der Waals surface area contributed by atoms with E-state index in [0.717, 1.165) is 0 Å². The molecule has 0 rings (SSSR count). The first kappa shape index (κ1) is 7.49. The average molecular weight is 114 g/mol. The Bertz CT molecular complexity index is 91.9. The highest BCUT2D eigenvalue weighted by atomic mass is 19.1. The number of hydrogen-bond acceptors (Lipinski definition) is 0. The van der Waals surface area contributed by atoms with Gasteiger partial charge in [-0.25, -0.2) is 4.39 Å². The SMILES string of the molecule is C#CCCC(C)(C)F. The topological polar surface area (TPSA) is 0 Å². The van der Waals surface area contributed by atoms with E-state index in [-0.39, 0.29) is 0 Å². The summed E-state index contributed by atoms with van der Waals surface area (Å²) in [6.45, 7) is 3.06. The quantitative estimate of drug-likeness (QED) is 0.482. The summed E-state index contributed by atoms with van der Waals surface area (Å²) < 4.78 is 12.5. The van der Waals surface area contributed by atoms with Crippen molar-refractivity contribution in [1.29, 1.82) is 0 Å². The van der Waals surface area contributed by atoms with Crippen LogP contribution in [0.5, 0.6) is 0 Å². The molecule has 0 N–H and O–H groups in total. The fraction of sp³-hybridized carbons (Fsp3) is 0.714. The first-order valence-corrected chi connectivity index (χ1v) is 2.68. The molecule has 0 radical (unpaired) electrons. The zero-order chi connectivity index (χ0) is 6.62. The molecule has 8 heavy (non-hydrogen) atoms. The predicted octanol–water partition coefficient (Wildman–Crippen LogP) is 2.15. The van der Waals surface area contributed by atoms with Crippen LogP contribution in [0.15, 0.2) is 0 Å². The molecule has 0 nitrogen and oxygen atoms in total. The molecule has 0 amide bonds. The van der Waals surface area contributed by atoms with E-state index in [0.29, 0.717) is 12.8 Å². The van der Waals surface area contributed by atoms with Crippen LogP contribution < -0.4 is 0 Å². The second-order valence-electron chi connectivity index (χ2n) is 2.42. The molecule has 0 atom stereocenters. The second kappa shape index (κ2) is 2.71. The molecule has 0 aromatic carbocycles. The number of alkyl halides is 1. The molecule has 0 aromatic rings. The van der Waals surface area contributed by atoms with E-state index in [4.69, 9.17) is 6.42 Å². The van der Waals surface area contributed by atoms with Crippen LogP contribution in [-0.2, 0) is 0 Å². The predicted molar refractivity (Wildman–Crippen MR) is 33.3 cm³/mol. The minimum Gasteiger partial charge on any atom is -0.244 e. The molecule has 0 aliphatic heterocycles. The van der Waals surface area contributed by atoms with E-state index in [1.165, 1.54) is 13.8 Å². The van der Waals surface area contributed by atoms with E-state index in [1.807, 2.05) is 0 Å². The van der Waals surface area contributed by atoms with Crippen molar-refractivity contribution in [3.63, 3.8) is 0 Å². The molecule has 0 saturated carbocycles. The summed E-state index contributed by atoms with van der Waals surface area (Å²) in [5, 5.41) is 0. The van der Waals surface area contributed by atoms with Crippen molar-refractivity contribution in [3.8, 4) is 12.3 Å². The second-order valence-corrected chi connectivity index (χ2v) is 2.42. The van der Waals surface area contributed by atoms with Gasteiger partial charge in [0.15, 0.2) is 0 Å². The van der Waals surface area contributed by atoms with Gasteiger partial charge in [-0.2, -0.15) is 0 Å². The smallest absolute Gasteiger partial charge is 0.106 e. The fourth-order valence-corrected chi connectivity index (χ4v) is 0.369. The number of rotatable bonds is 2. The van der Waals surface area contributed by atoms with Crippen LogP contribution in [0, 0.1) is 12.3 Å². The molecule has 0 spiro atoms. The zero-order valence-corrected chi connectivity index (χ0v) is 5.37. The van der Waals surface area contributed by atoms with Gasteiger partial charge in [0.1, 0.15) is 5.67 Å². The Kier molecular flexibility index (Phi) is 2.54. The summed E-state index contributed by atoms with van der Waals surface area (Å²) in [6, 6.07) is 0. The van der Waals surface area contributed by atoms with Gasteiger partial charge >= 0.3 is 0 Å². The zero-order valence-electron chi connectivity index (χ0n) is 5.37. The van der Waals surface area contributed by atoms with Crippen molar-refractivity contribution in [2.75, 3.05) is 0 Å². The summed E-state index contributed by atoms with van der Waals surface area (Å²) in [5.74, 6) is 2.38. The molecule has 0 saturated heterocycles. The van der Waals surface area contributed by atoms with Gasteiger partial charge in [-0.1, -0.05) is 0 Å². The Hall–Kier alpha value is -0.510. The molecule has 0 fully saturated rings. The summed E-state index contributed by atoms with van der Waals surface area (Å²) >= 11 is 0. The maximum absolute atomic E-state index is 12.5. The van der Waals surface area contributed by atoms with Crippen LogP contribution in [0.3, 0.4) is 0 Å². The maximum Gasteiger partial charge on any atom is 0.106 e. The van der Waals surface area contributed by atoms with Crippen molar-refractivity contribution >= 4 is 0 Å². The Morgan fingerprint density at radius 3 is 2.25 bits per heavy atom. The van der Waals surface area contributed by atoms with Gasteiger partial charge in [-0.15, -0.1) is 12.3 Å². The van der Waals surface area contributed by atoms with Crippen molar-refractivity contribution in [2.45, 2.75) is 32.4 Å². The molecule has 46 valence electrons. The normalized spacial score (nSPS) is 10.8. The van der Waals surface area contributed by atoms with Crippen molar-refractivity contribution in [2.24, 2.45) is 0 Å². The molecule has 0 unspecified atom stereocenters. The fourth-order valence-electron chi connectivity index (χ4n) is 0.369. The lowest BCUT2D eigenvalue weighted by Gasteiger charge is -2.09. The highest BCUT2D eigenvalue weighted by Gasteiger charge is 2.12. The minimum atomic E-state index is -1.09. The molecule has 1 heteroatoms. The molecular weight excluding hydrogens is 103 g/mol. The molecular formula is C7H11F. The first-order chi connectivity index (χ1) is 3.56. The van der Waals surface area contributed by atoms with Crippen LogP contribution in [0.2, 0.25) is 0 Å². The minimum absolute atomic E-state index is 0.462. The lowest BCUT2D eigenvalue weighted by atomic mass is 10.1. The van der Waals surface area contributed by atoms with Crippen LogP contribution in [0.25, 0.3) is 0 Å². The van der Waals surface area contributed by atoms with Crippen LogP contribution >= 0.6 is 0 Å². The third-order valence-corrected chi connectivity index (χ3v) is 0.864. The highest BCUT2D eigenvalue weighted by molar-refractivity contribution is 4.86. The summed E-state index contributed by atoms with van der Waals surface area (Å²) in [5.41, 5.74) is -1.09. The van der Waals surface area contributed by atoms with Crippen molar-refractivity contribution < 1.29 is 4.39 Å². The Morgan fingerprint density at radius 1 is 1.62 bits per heavy atom. The van der Waals surface area contributed by atoms with Gasteiger partial charge < -0.3 is 0 Å². The third kappa shape index (κ3) is 5.49. The van der Waals surface area contributed by atoms with E-state index in [1.54, 1.807) is 0 Å². The van der Waals surface area contributed by atoms with E-state index in [9.17, 15) is 4.39 Å². The van der Waals surface area contributed by atoms with E-state index in [2.05, 4.69) is 5.92 Å². The van der Waals surface area contributed by atoms with Crippen LogP contribution in [0.1, 0.15) is 26.7 Å². The lowest BCUT2D eigenvalue weighted by Crippen LogP contribution is -2.10. The maximum atomic E-state index is 12.5. The molecule has 0 heterocycles. The van der Waals surface area contributed by atoms with Gasteiger partial charge in [-0.05, 0) is 20.3 Å². The van der Waals surface area contributed by atoms with Gasteiger partial charge in [-0.3, -0.25) is 0 Å². The summed E-state index contributed by atoms with van der Waals surface area (Å²) in [6.07, 6.45) is 5.91. The van der Waals surface area contributed by atoms with Gasteiger partial charge in [0.2, 0.25) is 0 Å². The lowest BCUT2D eigenvalue weighted by molar-refractivity contribution is 0.204. The molecule has 0 aromatic heterocycles. The van der Waals surface area contributed by atoms with E-state index >= 15 is 0 Å². The Morgan fingerprint density at radius 2 is 2.12 bits per heavy atom. The van der Waals surface area contributed by atoms with Gasteiger partial charge in [0, 0.05) is 6.42 Å². The van der Waals surface area contributed by atoms with Crippen LogP contribution in [-0.4, -0.2) is 5.67 Å². The monoisotopic (exact) mass is 114 g/mol. The van der Waals surface area contributed by atoms with Crippen molar-refractivity contribution in [3.05, 3.63) is 0 Å². The number of halogens is 1. The van der Waals surface area contributed by atoms with Crippen LogP contribution in [0.4, 0.5) is 4.39 Å². The van der Waals surface area contributed by atoms with Gasteiger partial charge in [0.05, 0.1) is 0 Å². The molecule has 0 aliphatic carbocycles. The molecule has 0 bridgehead atoms.